The lowest BCUT2D eigenvalue weighted by atomic mass is 10.1. The fourth-order valence-electron chi connectivity index (χ4n) is 2.08. The number of nitro benzene ring substituents is 1. The number of benzene rings is 2. The van der Waals surface area contributed by atoms with Gasteiger partial charge < -0.3 is 10.6 Å². The van der Waals surface area contributed by atoms with Crippen LogP contribution < -0.4 is 10.6 Å². The van der Waals surface area contributed by atoms with Gasteiger partial charge in [0.2, 0.25) is 0 Å². The van der Waals surface area contributed by atoms with Crippen LogP contribution in [0.1, 0.15) is 34.1 Å². The van der Waals surface area contributed by atoms with E-state index in [2.05, 4.69) is 10.6 Å². The number of amides is 2. The Kier molecular flexibility index (Phi) is 5.62. The molecular weight excluding hydrogens is 310 g/mol. The molecule has 0 aliphatic carbocycles. The number of anilines is 1. The third kappa shape index (κ3) is 4.16. The molecule has 0 unspecified atom stereocenters. The molecular formula is C17H17N3O4. The van der Waals surface area contributed by atoms with E-state index >= 15 is 0 Å². The Morgan fingerprint density at radius 1 is 1.08 bits per heavy atom. The zero-order valence-corrected chi connectivity index (χ0v) is 13.1. The van der Waals surface area contributed by atoms with Crippen LogP contribution in [-0.2, 0) is 0 Å². The van der Waals surface area contributed by atoms with Gasteiger partial charge in [0.1, 0.15) is 0 Å². The van der Waals surface area contributed by atoms with Crippen molar-refractivity contribution >= 4 is 23.2 Å². The highest BCUT2D eigenvalue weighted by molar-refractivity contribution is 6.09. The molecule has 124 valence electrons. The van der Waals surface area contributed by atoms with E-state index in [4.69, 9.17) is 0 Å². The average Bonchev–Trinajstić information content (AvgIpc) is 2.60. The van der Waals surface area contributed by atoms with E-state index in [0.717, 1.165) is 6.42 Å². The Hall–Kier alpha value is -3.22. The van der Waals surface area contributed by atoms with Crippen molar-refractivity contribution in [2.45, 2.75) is 13.3 Å². The Morgan fingerprint density at radius 3 is 2.54 bits per heavy atom. The number of hydrogen-bond donors (Lipinski definition) is 2. The first-order chi connectivity index (χ1) is 11.5. The number of nitrogens with zero attached hydrogens (tertiary/aromatic N) is 1. The van der Waals surface area contributed by atoms with Gasteiger partial charge in [-0.3, -0.25) is 19.7 Å². The summed E-state index contributed by atoms with van der Waals surface area (Å²) < 4.78 is 0. The van der Waals surface area contributed by atoms with Gasteiger partial charge in [0.25, 0.3) is 17.5 Å². The molecule has 0 heterocycles. The first-order valence-corrected chi connectivity index (χ1v) is 7.46. The van der Waals surface area contributed by atoms with Gasteiger partial charge in [-0.05, 0) is 24.6 Å². The molecule has 2 rings (SSSR count). The number of nitro groups is 1. The number of non-ortho nitro benzene ring substituents is 1. The zero-order chi connectivity index (χ0) is 17.5. The summed E-state index contributed by atoms with van der Waals surface area (Å²) in [6, 6.07) is 12.0. The summed E-state index contributed by atoms with van der Waals surface area (Å²) in [6.45, 7) is 2.47. The van der Waals surface area contributed by atoms with Crippen LogP contribution in [0.15, 0.2) is 48.5 Å². The second-order valence-electron chi connectivity index (χ2n) is 5.06. The van der Waals surface area contributed by atoms with Crippen LogP contribution in [0.4, 0.5) is 11.4 Å². The molecule has 0 aromatic heterocycles. The van der Waals surface area contributed by atoms with E-state index < -0.39 is 10.8 Å². The first-order valence-electron chi connectivity index (χ1n) is 7.46. The zero-order valence-electron chi connectivity index (χ0n) is 13.1. The van der Waals surface area contributed by atoms with Crippen LogP contribution in [0.3, 0.4) is 0 Å². The maximum Gasteiger partial charge on any atom is 0.270 e. The molecule has 2 amide bonds. The van der Waals surface area contributed by atoms with E-state index in [9.17, 15) is 19.7 Å². The molecule has 0 aliphatic rings. The van der Waals surface area contributed by atoms with Gasteiger partial charge in [-0.1, -0.05) is 25.1 Å². The molecule has 0 aliphatic heterocycles. The summed E-state index contributed by atoms with van der Waals surface area (Å²) >= 11 is 0. The van der Waals surface area contributed by atoms with Crippen molar-refractivity contribution in [2.75, 3.05) is 11.9 Å². The third-order valence-corrected chi connectivity index (χ3v) is 3.27. The minimum absolute atomic E-state index is 0.146. The van der Waals surface area contributed by atoms with E-state index in [0.29, 0.717) is 17.8 Å². The Bertz CT molecular complexity index is 774. The second-order valence-corrected chi connectivity index (χ2v) is 5.06. The van der Waals surface area contributed by atoms with Crippen LogP contribution in [0, 0.1) is 10.1 Å². The molecule has 0 spiro atoms. The van der Waals surface area contributed by atoms with Crippen LogP contribution in [0.5, 0.6) is 0 Å². The number of carbonyl (C=O) groups excluding carboxylic acids is 2. The fraction of sp³-hybridized carbons (Fsp3) is 0.176. The Morgan fingerprint density at radius 2 is 1.83 bits per heavy atom. The highest BCUT2D eigenvalue weighted by Gasteiger charge is 2.15. The fourth-order valence-corrected chi connectivity index (χ4v) is 2.08. The van der Waals surface area contributed by atoms with Gasteiger partial charge >= 0.3 is 0 Å². The summed E-state index contributed by atoms with van der Waals surface area (Å²) in [4.78, 5) is 34.7. The van der Waals surface area contributed by atoms with Crippen molar-refractivity contribution in [3.05, 3.63) is 69.8 Å². The van der Waals surface area contributed by atoms with Crippen molar-refractivity contribution in [2.24, 2.45) is 0 Å². The van der Waals surface area contributed by atoms with Crippen molar-refractivity contribution in [3.8, 4) is 0 Å². The molecule has 0 fully saturated rings. The molecule has 7 heteroatoms. The molecule has 0 saturated heterocycles. The predicted molar refractivity (Wildman–Crippen MR) is 90.1 cm³/mol. The number of hydrogen-bond acceptors (Lipinski definition) is 4. The summed E-state index contributed by atoms with van der Waals surface area (Å²) in [5.74, 6) is -0.804. The number of carbonyl (C=O) groups is 2. The lowest BCUT2D eigenvalue weighted by Gasteiger charge is -2.11. The van der Waals surface area contributed by atoms with Gasteiger partial charge in [-0.2, -0.15) is 0 Å². The van der Waals surface area contributed by atoms with E-state index in [-0.39, 0.29) is 17.2 Å². The number of nitrogens with one attached hydrogen (secondary N) is 2. The van der Waals surface area contributed by atoms with Crippen molar-refractivity contribution < 1.29 is 14.5 Å². The van der Waals surface area contributed by atoms with E-state index in [1.165, 1.54) is 24.3 Å². The SMILES string of the molecule is CCCNC(=O)c1ccccc1NC(=O)c1cccc([N+](=O)[O-])c1. The summed E-state index contributed by atoms with van der Waals surface area (Å²) in [5, 5.41) is 16.2. The molecule has 2 N–H and O–H groups in total. The molecule has 0 saturated carbocycles. The van der Waals surface area contributed by atoms with Crippen molar-refractivity contribution in [3.63, 3.8) is 0 Å². The summed E-state index contributed by atoms with van der Waals surface area (Å²) in [6.07, 6.45) is 0.800. The Balaban J connectivity index is 2.22. The van der Waals surface area contributed by atoms with Gasteiger partial charge in [0.15, 0.2) is 0 Å². The van der Waals surface area contributed by atoms with Crippen molar-refractivity contribution in [1.29, 1.82) is 0 Å². The quantitative estimate of drug-likeness (QED) is 0.629. The van der Waals surface area contributed by atoms with E-state index in [1.807, 2.05) is 6.92 Å². The van der Waals surface area contributed by atoms with Crippen LogP contribution >= 0.6 is 0 Å². The monoisotopic (exact) mass is 327 g/mol. The standard InChI is InChI=1S/C17H17N3O4/c1-2-10-18-17(22)14-8-3-4-9-15(14)19-16(21)12-6-5-7-13(11-12)20(23)24/h3-9,11H,2,10H2,1H3,(H,18,22)(H,19,21). The first kappa shape index (κ1) is 17.1. The van der Waals surface area contributed by atoms with Gasteiger partial charge in [-0.15, -0.1) is 0 Å². The van der Waals surface area contributed by atoms with Gasteiger partial charge in [0, 0.05) is 24.2 Å². The van der Waals surface area contributed by atoms with Crippen LogP contribution in [0.2, 0.25) is 0 Å². The van der Waals surface area contributed by atoms with Crippen molar-refractivity contribution in [1.82, 2.24) is 5.32 Å². The molecule has 2 aromatic rings. The minimum Gasteiger partial charge on any atom is -0.352 e. The third-order valence-electron chi connectivity index (χ3n) is 3.27. The van der Waals surface area contributed by atoms with Crippen LogP contribution in [0.25, 0.3) is 0 Å². The maximum atomic E-state index is 12.3. The van der Waals surface area contributed by atoms with E-state index in [1.54, 1.807) is 24.3 Å². The molecule has 2 aromatic carbocycles. The molecule has 24 heavy (non-hydrogen) atoms. The molecule has 0 bridgehead atoms. The minimum atomic E-state index is -0.567. The van der Waals surface area contributed by atoms with Gasteiger partial charge in [-0.25, -0.2) is 0 Å². The molecule has 7 nitrogen and oxygen atoms in total. The number of rotatable bonds is 6. The smallest absolute Gasteiger partial charge is 0.270 e. The second kappa shape index (κ2) is 7.87. The Labute approximate surface area is 138 Å². The lowest BCUT2D eigenvalue weighted by molar-refractivity contribution is -0.384. The highest BCUT2D eigenvalue weighted by Crippen LogP contribution is 2.18. The largest absolute Gasteiger partial charge is 0.352 e. The maximum absolute atomic E-state index is 12.3. The topological polar surface area (TPSA) is 101 Å². The predicted octanol–water partition coefficient (Wildman–Crippen LogP) is 2.99. The molecule has 0 radical (unpaired) electrons. The summed E-state index contributed by atoms with van der Waals surface area (Å²) in [7, 11) is 0. The summed E-state index contributed by atoms with van der Waals surface area (Å²) in [5.41, 5.74) is 0.664. The lowest BCUT2D eigenvalue weighted by Crippen LogP contribution is -2.25. The van der Waals surface area contributed by atoms with Crippen LogP contribution in [-0.4, -0.2) is 23.3 Å². The average molecular weight is 327 g/mol. The van der Waals surface area contributed by atoms with Gasteiger partial charge in [0.05, 0.1) is 16.2 Å². The normalized spacial score (nSPS) is 10.0. The number of para-hydroxylation sites is 1. The molecule has 0 atom stereocenters. The highest BCUT2D eigenvalue weighted by atomic mass is 16.6.